The van der Waals surface area contributed by atoms with Crippen LogP contribution in [0, 0.1) is 0 Å². The van der Waals surface area contributed by atoms with E-state index in [0.29, 0.717) is 0 Å². The van der Waals surface area contributed by atoms with Crippen LogP contribution >= 0.6 is 0 Å². The highest BCUT2D eigenvalue weighted by atomic mass is 19.4. The first-order chi connectivity index (χ1) is 10.9. The van der Waals surface area contributed by atoms with Crippen molar-refractivity contribution in [3.05, 3.63) is 17.0 Å². The quantitative estimate of drug-likeness (QED) is 0.838. The van der Waals surface area contributed by atoms with Gasteiger partial charge in [-0.05, 0) is 6.42 Å². The van der Waals surface area contributed by atoms with Crippen molar-refractivity contribution in [3.63, 3.8) is 0 Å². The van der Waals surface area contributed by atoms with E-state index in [2.05, 4.69) is 5.10 Å². The van der Waals surface area contributed by atoms with E-state index in [-0.39, 0.29) is 18.8 Å². The number of hydrogen-bond acceptors (Lipinski definition) is 3. The molecule has 2 aliphatic carbocycles. The van der Waals surface area contributed by atoms with Crippen molar-refractivity contribution in [1.82, 2.24) is 9.78 Å². The zero-order valence-corrected chi connectivity index (χ0v) is 12.1. The van der Waals surface area contributed by atoms with E-state index in [4.69, 9.17) is 4.74 Å². The fourth-order valence-corrected chi connectivity index (χ4v) is 2.74. The van der Waals surface area contributed by atoms with Gasteiger partial charge in [-0.3, -0.25) is 4.68 Å². The van der Waals surface area contributed by atoms with Gasteiger partial charge in [0.2, 0.25) is 0 Å². The second-order valence-corrected chi connectivity index (χ2v) is 5.92. The molecule has 0 spiro atoms. The number of ether oxygens (including phenoxy) is 1. The summed E-state index contributed by atoms with van der Waals surface area (Å²) in [6.45, 7) is -0.637. The van der Waals surface area contributed by atoms with E-state index < -0.39 is 60.7 Å². The summed E-state index contributed by atoms with van der Waals surface area (Å²) in [4.78, 5) is 0. The third-order valence-electron chi connectivity index (χ3n) is 4.13. The highest BCUT2D eigenvalue weighted by Gasteiger charge is 2.58. The molecule has 1 fully saturated rings. The first kappa shape index (κ1) is 17.5. The van der Waals surface area contributed by atoms with Crippen LogP contribution in [0.2, 0.25) is 0 Å². The third kappa shape index (κ3) is 2.99. The molecule has 1 N–H and O–H groups in total. The van der Waals surface area contributed by atoms with Crippen molar-refractivity contribution < 1.29 is 40.6 Å². The predicted octanol–water partition coefficient (Wildman–Crippen LogP) is 2.94. The second kappa shape index (κ2) is 5.32. The van der Waals surface area contributed by atoms with Gasteiger partial charge in [-0.1, -0.05) is 0 Å². The number of aliphatic hydroxyl groups is 1. The molecule has 11 heteroatoms. The molecule has 0 aliphatic heterocycles. The molecule has 4 nitrogen and oxygen atoms in total. The molecule has 1 unspecified atom stereocenters. The molecule has 2 aliphatic rings. The van der Waals surface area contributed by atoms with Crippen molar-refractivity contribution in [2.45, 2.75) is 56.0 Å². The van der Waals surface area contributed by atoms with Crippen LogP contribution in [0.3, 0.4) is 0 Å². The SMILES string of the molecule is O[C@H]1c2c(C(F)(F)F)nn(CCOC3CC3(F)F)c2CCC1(F)F. The zero-order chi connectivity index (χ0) is 17.9. The molecule has 1 aromatic rings. The Hall–Kier alpha value is -1.36. The molecule has 2 atom stereocenters. The molecular weight excluding hydrogens is 349 g/mol. The molecule has 1 aromatic heterocycles. The molecule has 0 radical (unpaired) electrons. The lowest BCUT2D eigenvalue weighted by Gasteiger charge is -2.28. The fourth-order valence-electron chi connectivity index (χ4n) is 2.74. The minimum Gasteiger partial charge on any atom is -0.382 e. The Morgan fingerprint density at radius 1 is 1.21 bits per heavy atom. The van der Waals surface area contributed by atoms with Crippen molar-refractivity contribution in [2.75, 3.05) is 6.61 Å². The molecule has 3 rings (SSSR count). The fraction of sp³-hybridized carbons (Fsp3) is 0.769. The van der Waals surface area contributed by atoms with Gasteiger partial charge in [0.25, 0.3) is 11.8 Å². The monoisotopic (exact) mass is 362 g/mol. The minimum atomic E-state index is -5.02. The summed E-state index contributed by atoms with van der Waals surface area (Å²) in [7, 11) is 0. The number of nitrogens with zero attached hydrogens (tertiary/aromatic N) is 2. The summed E-state index contributed by atoms with van der Waals surface area (Å²) in [6, 6.07) is 0. The molecule has 1 heterocycles. The van der Waals surface area contributed by atoms with Crippen LogP contribution in [-0.4, -0.2) is 39.4 Å². The molecule has 136 valence electrons. The minimum absolute atomic E-state index is 0.174. The maximum Gasteiger partial charge on any atom is 0.435 e. The summed E-state index contributed by atoms with van der Waals surface area (Å²) in [5, 5.41) is 12.9. The Balaban J connectivity index is 1.83. The van der Waals surface area contributed by atoms with E-state index in [0.717, 1.165) is 4.68 Å². The maximum absolute atomic E-state index is 13.5. The second-order valence-electron chi connectivity index (χ2n) is 5.92. The molecule has 1 saturated carbocycles. The highest BCUT2D eigenvalue weighted by molar-refractivity contribution is 5.35. The van der Waals surface area contributed by atoms with Gasteiger partial charge in [0.15, 0.2) is 5.69 Å². The number of hydrogen-bond donors (Lipinski definition) is 1. The molecule has 24 heavy (non-hydrogen) atoms. The summed E-state index contributed by atoms with van der Waals surface area (Å²) in [6.07, 6.45) is -10.6. The van der Waals surface area contributed by atoms with Crippen LogP contribution in [0.1, 0.15) is 35.9 Å². The van der Waals surface area contributed by atoms with Crippen molar-refractivity contribution in [2.24, 2.45) is 0 Å². The van der Waals surface area contributed by atoms with Gasteiger partial charge >= 0.3 is 6.18 Å². The van der Waals surface area contributed by atoms with Crippen molar-refractivity contribution in [1.29, 1.82) is 0 Å². The van der Waals surface area contributed by atoms with Gasteiger partial charge in [-0.25, -0.2) is 17.6 Å². The largest absolute Gasteiger partial charge is 0.435 e. The Labute approximate surface area is 131 Å². The third-order valence-corrected chi connectivity index (χ3v) is 4.13. The number of rotatable bonds is 4. The normalized spacial score (nSPS) is 27.8. The lowest BCUT2D eigenvalue weighted by molar-refractivity contribution is -0.150. The number of alkyl halides is 7. The highest BCUT2D eigenvalue weighted by Crippen LogP contribution is 2.47. The molecule has 0 aromatic carbocycles. The topological polar surface area (TPSA) is 47.3 Å². The van der Waals surface area contributed by atoms with E-state index in [1.54, 1.807) is 0 Å². The Morgan fingerprint density at radius 2 is 1.83 bits per heavy atom. The Bertz CT molecular complexity index is 641. The summed E-state index contributed by atoms with van der Waals surface area (Å²) >= 11 is 0. The predicted molar refractivity (Wildman–Crippen MR) is 64.8 cm³/mol. The Kier molecular flexibility index (Phi) is 3.87. The van der Waals surface area contributed by atoms with Gasteiger partial charge in [0.05, 0.1) is 13.2 Å². The first-order valence-corrected chi connectivity index (χ1v) is 7.15. The van der Waals surface area contributed by atoms with Crippen LogP contribution in [-0.2, 0) is 23.9 Å². The van der Waals surface area contributed by atoms with Crippen molar-refractivity contribution >= 4 is 0 Å². The van der Waals surface area contributed by atoms with Gasteiger partial charge < -0.3 is 9.84 Å². The molecule has 0 bridgehead atoms. The van der Waals surface area contributed by atoms with Gasteiger partial charge in [0.1, 0.15) is 12.2 Å². The van der Waals surface area contributed by atoms with Gasteiger partial charge in [-0.2, -0.15) is 18.3 Å². The summed E-state index contributed by atoms with van der Waals surface area (Å²) in [5.74, 6) is -6.62. The van der Waals surface area contributed by atoms with Gasteiger partial charge in [-0.15, -0.1) is 0 Å². The lowest BCUT2D eigenvalue weighted by atomic mass is 9.89. The number of fused-ring (bicyclic) bond motifs is 1. The lowest BCUT2D eigenvalue weighted by Crippen LogP contribution is -2.33. The average molecular weight is 362 g/mol. The number of aliphatic hydroxyl groups excluding tert-OH is 1. The smallest absolute Gasteiger partial charge is 0.382 e. The number of halogens is 7. The van der Waals surface area contributed by atoms with E-state index in [1.807, 2.05) is 0 Å². The van der Waals surface area contributed by atoms with Crippen LogP contribution in [0.5, 0.6) is 0 Å². The Morgan fingerprint density at radius 3 is 2.38 bits per heavy atom. The molecule has 0 amide bonds. The van der Waals surface area contributed by atoms with Crippen molar-refractivity contribution in [3.8, 4) is 0 Å². The van der Waals surface area contributed by atoms with Crippen LogP contribution in [0.15, 0.2) is 0 Å². The zero-order valence-electron chi connectivity index (χ0n) is 12.1. The van der Waals surface area contributed by atoms with Gasteiger partial charge in [0, 0.05) is 24.1 Å². The summed E-state index contributed by atoms with van der Waals surface area (Å²) in [5.41, 5.74) is -2.71. The first-order valence-electron chi connectivity index (χ1n) is 7.15. The molecular formula is C13H13F7N2O2. The van der Waals surface area contributed by atoms with Crippen LogP contribution in [0.25, 0.3) is 0 Å². The standard InChI is InChI=1S/C13H13F7N2O2/c14-11(15)2-1-6-8(10(11)23)9(13(18,19)20)21-22(6)3-4-24-7-5-12(7,16)17/h7,10,23H,1-5H2/t7?,10-/m0/s1. The van der Waals surface area contributed by atoms with E-state index in [1.165, 1.54) is 0 Å². The average Bonchev–Trinajstić information content (AvgIpc) is 2.89. The van der Waals surface area contributed by atoms with E-state index in [9.17, 15) is 35.8 Å². The summed E-state index contributed by atoms with van der Waals surface area (Å²) < 4.78 is 97.1. The van der Waals surface area contributed by atoms with Crippen LogP contribution < -0.4 is 0 Å². The number of aromatic nitrogens is 2. The maximum atomic E-state index is 13.5. The molecule has 0 saturated heterocycles. The van der Waals surface area contributed by atoms with Crippen LogP contribution in [0.4, 0.5) is 30.7 Å². The van der Waals surface area contributed by atoms with E-state index >= 15 is 0 Å².